The standard InChI is InChI=1S/C8H8O/c1-2-7-3-4-8(5-7)6-9/h2-6H,1H3. The first-order chi connectivity index (χ1) is 4.36. The summed E-state index contributed by atoms with van der Waals surface area (Å²) < 4.78 is 0. The van der Waals surface area contributed by atoms with Gasteiger partial charge in [0.15, 0.2) is 0 Å². The third-order valence-electron chi connectivity index (χ3n) is 1.27. The second kappa shape index (κ2) is 2.44. The molecule has 0 spiro atoms. The van der Waals surface area contributed by atoms with Crippen LogP contribution in [0.15, 0.2) is 35.5 Å². The van der Waals surface area contributed by atoms with Gasteiger partial charge in [-0.05, 0) is 18.6 Å². The van der Waals surface area contributed by atoms with E-state index in [4.69, 9.17) is 0 Å². The molecule has 0 aromatic rings. The molecular weight excluding hydrogens is 112 g/mol. The minimum Gasteiger partial charge on any atom is -0.298 e. The molecule has 1 nitrogen and oxygen atoms in total. The van der Waals surface area contributed by atoms with Crippen LogP contribution in [0.4, 0.5) is 0 Å². The van der Waals surface area contributed by atoms with Crippen LogP contribution < -0.4 is 0 Å². The Labute approximate surface area is 54.4 Å². The molecule has 1 heteroatoms. The van der Waals surface area contributed by atoms with Gasteiger partial charge < -0.3 is 0 Å². The predicted molar refractivity (Wildman–Crippen MR) is 37.0 cm³/mol. The average Bonchev–Trinajstić information content (AvgIpc) is 2.34. The largest absolute Gasteiger partial charge is 0.298 e. The fraction of sp³-hybridized carbons (Fsp3) is 0.125. The highest BCUT2D eigenvalue weighted by atomic mass is 16.1. The molecule has 0 aromatic carbocycles. The monoisotopic (exact) mass is 120 g/mol. The second-order valence-electron chi connectivity index (χ2n) is 1.88. The van der Waals surface area contributed by atoms with E-state index < -0.39 is 0 Å². The third kappa shape index (κ3) is 1.17. The fourth-order valence-electron chi connectivity index (χ4n) is 0.734. The molecule has 0 amide bonds. The Morgan fingerprint density at radius 3 is 2.56 bits per heavy atom. The smallest absolute Gasteiger partial charge is 0.150 e. The van der Waals surface area contributed by atoms with E-state index >= 15 is 0 Å². The summed E-state index contributed by atoms with van der Waals surface area (Å²) in [5.74, 6) is 0. The number of allylic oxidation sites excluding steroid dienone is 6. The lowest BCUT2D eigenvalue weighted by Crippen LogP contribution is -1.71. The van der Waals surface area contributed by atoms with E-state index in [1.165, 1.54) is 0 Å². The van der Waals surface area contributed by atoms with E-state index in [1.54, 1.807) is 0 Å². The van der Waals surface area contributed by atoms with Crippen molar-refractivity contribution in [3.05, 3.63) is 35.5 Å². The number of carbonyl (C=O) groups is 1. The molecule has 1 rings (SSSR count). The Bertz CT molecular complexity index is 207. The van der Waals surface area contributed by atoms with Gasteiger partial charge in [0.05, 0.1) is 0 Å². The van der Waals surface area contributed by atoms with Gasteiger partial charge in [0.1, 0.15) is 6.29 Å². The zero-order chi connectivity index (χ0) is 6.69. The Hall–Kier alpha value is -1.11. The minimum atomic E-state index is 0.753. The molecule has 0 fully saturated rings. The maximum absolute atomic E-state index is 10.1. The Balaban J connectivity index is 2.86. The SMILES string of the molecule is CC=C1C=CC(C=O)=C1. The number of hydrogen-bond acceptors (Lipinski definition) is 1. The number of rotatable bonds is 1. The van der Waals surface area contributed by atoms with E-state index in [0.29, 0.717) is 0 Å². The predicted octanol–water partition coefficient (Wildman–Crippen LogP) is 1.63. The molecule has 0 atom stereocenters. The van der Waals surface area contributed by atoms with Crippen LogP contribution in [0, 0.1) is 0 Å². The van der Waals surface area contributed by atoms with Crippen molar-refractivity contribution >= 4 is 6.29 Å². The fourth-order valence-corrected chi connectivity index (χ4v) is 0.734. The van der Waals surface area contributed by atoms with Gasteiger partial charge in [-0.2, -0.15) is 0 Å². The third-order valence-corrected chi connectivity index (χ3v) is 1.27. The van der Waals surface area contributed by atoms with Crippen LogP contribution in [0.25, 0.3) is 0 Å². The molecule has 0 unspecified atom stereocenters. The highest BCUT2D eigenvalue weighted by Gasteiger charge is 1.97. The lowest BCUT2D eigenvalue weighted by atomic mass is 10.3. The van der Waals surface area contributed by atoms with Crippen LogP contribution in [0.3, 0.4) is 0 Å². The van der Waals surface area contributed by atoms with E-state index in [1.807, 2.05) is 31.2 Å². The molecule has 0 radical (unpaired) electrons. The summed E-state index contributed by atoms with van der Waals surface area (Å²) in [6, 6.07) is 0. The first-order valence-electron chi connectivity index (χ1n) is 2.88. The molecule has 1 aliphatic rings. The first-order valence-corrected chi connectivity index (χ1v) is 2.88. The summed E-state index contributed by atoms with van der Waals surface area (Å²) in [6.45, 7) is 1.95. The van der Waals surface area contributed by atoms with E-state index in [0.717, 1.165) is 17.4 Å². The van der Waals surface area contributed by atoms with Crippen molar-refractivity contribution in [3.63, 3.8) is 0 Å². The molecule has 0 aliphatic heterocycles. The van der Waals surface area contributed by atoms with Gasteiger partial charge in [-0.3, -0.25) is 4.79 Å². The lowest BCUT2D eigenvalue weighted by Gasteiger charge is -1.80. The van der Waals surface area contributed by atoms with Crippen molar-refractivity contribution in [1.29, 1.82) is 0 Å². The van der Waals surface area contributed by atoms with Crippen LogP contribution in [0.5, 0.6) is 0 Å². The summed E-state index contributed by atoms with van der Waals surface area (Å²) in [4.78, 5) is 10.1. The van der Waals surface area contributed by atoms with Gasteiger partial charge in [0.25, 0.3) is 0 Å². The van der Waals surface area contributed by atoms with Crippen molar-refractivity contribution < 1.29 is 4.79 Å². The Morgan fingerprint density at radius 2 is 2.22 bits per heavy atom. The molecule has 0 saturated heterocycles. The molecule has 1 aliphatic carbocycles. The van der Waals surface area contributed by atoms with Gasteiger partial charge in [-0.25, -0.2) is 0 Å². The van der Waals surface area contributed by atoms with Crippen molar-refractivity contribution in [2.24, 2.45) is 0 Å². The molecule has 0 aromatic heterocycles. The highest BCUT2D eigenvalue weighted by Crippen LogP contribution is 2.11. The number of aldehydes is 1. The second-order valence-corrected chi connectivity index (χ2v) is 1.88. The highest BCUT2D eigenvalue weighted by molar-refractivity contribution is 5.81. The average molecular weight is 120 g/mol. The van der Waals surface area contributed by atoms with Crippen LogP contribution in [0.1, 0.15) is 6.92 Å². The summed E-state index contributed by atoms with van der Waals surface area (Å²) in [5, 5.41) is 0. The quantitative estimate of drug-likeness (QED) is 0.480. The molecule has 0 heterocycles. The number of hydrogen-bond donors (Lipinski definition) is 0. The maximum Gasteiger partial charge on any atom is 0.150 e. The van der Waals surface area contributed by atoms with E-state index in [2.05, 4.69) is 0 Å². The van der Waals surface area contributed by atoms with Crippen molar-refractivity contribution in [2.75, 3.05) is 0 Å². The number of carbonyl (C=O) groups excluding carboxylic acids is 1. The van der Waals surface area contributed by atoms with Crippen LogP contribution in [0.2, 0.25) is 0 Å². The van der Waals surface area contributed by atoms with E-state index in [-0.39, 0.29) is 0 Å². The van der Waals surface area contributed by atoms with Crippen molar-refractivity contribution in [3.8, 4) is 0 Å². The zero-order valence-corrected chi connectivity index (χ0v) is 5.29. The van der Waals surface area contributed by atoms with Gasteiger partial charge in [0, 0.05) is 5.57 Å². The van der Waals surface area contributed by atoms with Crippen LogP contribution in [-0.4, -0.2) is 6.29 Å². The zero-order valence-electron chi connectivity index (χ0n) is 5.29. The van der Waals surface area contributed by atoms with Gasteiger partial charge >= 0.3 is 0 Å². The van der Waals surface area contributed by atoms with E-state index in [9.17, 15) is 4.79 Å². The Kier molecular flexibility index (Phi) is 1.63. The molecule has 0 N–H and O–H groups in total. The topological polar surface area (TPSA) is 17.1 Å². The Morgan fingerprint density at radius 1 is 1.44 bits per heavy atom. The lowest BCUT2D eigenvalue weighted by molar-refractivity contribution is -0.104. The van der Waals surface area contributed by atoms with Gasteiger partial charge in [0.2, 0.25) is 0 Å². The minimum absolute atomic E-state index is 0.753. The van der Waals surface area contributed by atoms with Crippen LogP contribution in [-0.2, 0) is 4.79 Å². The molecule has 9 heavy (non-hydrogen) atoms. The first kappa shape index (κ1) is 6.02. The van der Waals surface area contributed by atoms with Crippen molar-refractivity contribution in [1.82, 2.24) is 0 Å². The maximum atomic E-state index is 10.1. The molecule has 0 saturated carbocycles. The van der Waals surface area contributed by atoms with Gasteiger partial charge in [-0.15, -0.1) is 0 Å². The summed E-state index contributed by atoms with van der Waals surface area (Å²) in [6.07, 6.45) is 8.40. The van der Waals surface area contributed by atoms with Crippen LogP contribution >= 0.6 is 0 Å². The molecule has 0 bridgehead atoms. The normalized spacial score (nSPS) is 20.6. The van der Waals surface area contributed by atoms with Crippen molar-refractivity contribution in [2.45, 2.75) is 6.92 Å². The summed E-state index contributed by atoms with van der Waals surface area (Å²) in [5.41, 5.74) is 1.86. The molecular formula is C8H8O. The summed E-state index contributed by atoms with van der Waals surface area (Å²) >= 11 is 0. The molecule has 46 valence electrons. The van der Waals surface area contributed by atoms with Gasteiger partial charge in [-0.1, -0.05) is 18.2 Å². The summed E-state index contributed by atoms with van der Waals surface area (Å²) in [7, 11) is 0.